The zero-order valence-corrected chi connectivity index (χ0v) is 14.2. The lowest BCUT2D eigenvalue weighted by atomic mass is 10.1. The van der Waals surface area contributed by atoms with Crippen LogP contribution in [0.5, 0.6) is 0 Å². The summed E-state index contributed by atoms with van der Waals surface area (Å²) in [6.45, 7) is 0. The van der Waals surface area contributed by atoms with Gasteiger partial charge in [0.2, 0.25) is 0 Å². The van der Waals surface area contributed by atoms with Gasteiger partial charge in [-0.15, -0.1) is 0 Å². The van der Waals surface area contributed by atoms with E-state index in [-0.39, 0.29) is 5.69 Å². The van der Waals surface area contributed by atoms with Gasteiger partial charge in [-0.3, -0.25) is 4.79 Å². The maximum Gasteiger partial charge on any atom is 0.416 e. The smallest absolute Gasteiger partial charge is 0.370 e. The molecule has 0 fully saturated rings. The summed E-state index contributed by atoms with van der Waals surface area (Å²) in [7, 11) is 0. The van der Waals surface area contributed by atoms with Gasteiger partial charge in [-0.25, -0.2) is 0 Å². The van der Waals surface area contributed by atoms with Crippen molar-refractivity contribution in [3.63, 3.8) is 0 Å². The SMILES string of the molecule is O=C(Nc1cccc(C(F)(F)F)c1)[C@H](Nc1ccccc1)c1ccccc1. The Morgan fingerprint density at radius 2 is 1.37 bits per heavy atom. The predicted molar refractivity (Wildman–Crippen MR) is 99.3 cm³/mol. The normalized spacial score (nSPS) is 12.3. The van der Waals surface area contributed by atoms with Gasteiger partial charge in [-0.2, -0.15) is 13.2 Å². The summed E-state index contributed by atoms with van der Waals surface area (Å²) in [4.78, 5) is 12.8. The first-order valence-corrected chi connectivity index (χ1v) is 8.28. The molecular formula is C21H17F3N2O. The maximum absolute atomic E-state index is 12.9. The molecule has 3 rings (SSSR count). The quantitative estimate of drug-likeness (QED) is 0.623. The molecule has 0 aliphatic heterocycles. The maximum atomic E-state index is 12.9. The van der Waals surface area contributed by atoms with Crippen molar-refractivity contribution in [2.24, 2.45) is 0 Å². The van der Waals surface area contributed by atoms with Crippen molar-refractivity contribution in [1.29, 1.82) is 0 Å². The molecule has 0 saturated carbocycles. The fraction of sp³-hybridized carbons (Fsp3) is 0.0952. The predicted octanol–water partition coefficient (Wildman–Crippen LogP) is 5.50. The number of alkyl halides is 3. The van der Waals surface area contributed by atoms with Crippen LogP contribution in [0.15, 0.2) is 84.9 Å². The number of hydrogen-bond donors (Lipinski definition) is 2. The van der Waals surface area contributed by atoms with E-state index < -0.39 is 23.7 Å². The molecule has 0 radical (unpaired) electrons. The van der Waals surface area contributed by atoms with E-state index in [1.54, 1.807) is 24.3 Å². The number of hydrogen-bond acceptors (Lipinski definition) is 2. The van der Waals surface area contributed by atoms with E-state index in [2.05, 4.69) is 10.6 Å². The van der Waals surface area contributed by atoms with E-state index in [0.717, 1.165) is 17.8 Å². The van der Waals surface area contributed by atoms with Crippen LogP contribution in [0.4, 0.5) is 24.5 Å². The number of anilines is 2. The molecule has 0 aromatic heterocycles. The molecule has 3 aromatic rings. The summed E-state index contributed by atoms with van der Waals surface area (Å²) in [5, 5.41) is 5.70. The van der Waals surface area contributed by atoms with Gasteiger partial charge in [0, 0.05) is 11.4 Å². The minimum absolute atomic E-state index is 0.0885. The highest BCUT2D eigenvalue weighted by atomic mass is 19.4. The van der Waals surface area contributed by atoms with Crippen molar-refractivity contribution in [2.75, 3.05) is 10.6 Å². The Morgan fingerprint density at radius 3 is 2.00 bits per heavy atom. The van der Waals surface area contributed by atoms with E-state index in [0.29, 0.717) is 5.56 Å². The van der Waals surface area contributed by atoms with Crippen LogP contribution in [0.1, 0.15) is 17.2 Å². The Labute approximate surface area is 154 Å². The summed E-state index contributed by atoms with van der Waals surface area (Å²) in [5.74, 6) is -0.454. The second-order valence-electron chi connectivity index (χ2n) is 5.92. The van der Waals surface area contributed by atoms with E-state index in [1.165, 1.54) is 12.1 Å². The molecule has 0 aliphatic rings. The lowest BCUT2D eigenvalue weighted by Crippen LogP contribution is -2.27. The van der Waals surface area contributed by atoms with E-state index >= 15 is 0 Å². The number of para-hydroxylation sites is 1. The standard InChI is InChI=1S/C21H17F3N2O/c22-21(23,24)16-10-7-13-18(14-16)26-20(27)19(15-8-3-1-4-9-15)25-17-11-5-2-6-12-17/h1-14,19,25H,(H,26,27)/t19-/m1/s1. The van der Waals surface area contributed by atoms with E-state index in [9.17, 15) is 18.0 Å². The summed E-state index contributed by atoms with van der Waals surface area (Å²) in [5.41, 5.74) is 0.703. The third kappa shape index (κ3) is 4.88. The Hall–Kier alpha value is -3.28. The summed E-state index contributed by atoms with van der Waals surface area (Å²) in [6, 6.07) is 21.9. The number of rotatable bonds is 5. The molecule has 0 saturated heterocycles. The fourth-order valence-corrected chi connectivity index (χ4v) is 2.63. The average molecular weight is 370 g/mol. The number of nitrogens with one attached hydrogen (secondary N) is 2. The molecule has 0 aliphatic carbocycles. The van der Waals surface area contributed by atoms with Gasteiger partial charge in [-0.05, 0) is 35.9 Å². The van der Waals surface area contributed by atoms with E-state index in [4.69, 9.17) is 0 Å². The molecular weight excluding hydrogens is 353 g/mol. The molecule has 0 heterocycles. The van der Waals surface area contributed by atoms with Crippen LogP contribution in [-0.4, -0.2) is 5.91 Å². The Bertz CT molecular complexity index is 896. The molecule has 0 bridgehead atoms. The topological polar surface area (TPSA) is 41.1 Å². The van der Waals surface area contributed by atoms with Gasteiger partial charge in [0.15, 0.2) is 0 Å². The zero-order valence-electron chi connectivity index (χ0n) is 14.2. The third-order valence-electron chi connectivity index (χ3n) is 3.94. The van der Waals surface area contributed by atoms with Crippen molar-refractivity contribution < 1.29 is 18.0 Å². The number of halogens is 3. The first-order chi connectivity index (χ1) is 12.9. The van der Waals surface area contributed by atoms with Crippen molar-refractivity contribution in [3.8, 4) is 0 Å². The highest BCUT2D eigenvalue weighted by Gasteiger charge is 2.30. The van der Waals surface area contributed by atoms with Crippen molar-refractivity contribution >= 4 is 17.3 Å². The summed E-state index contributed by atoms with van der Waals surface area (Å²) >= 11 is 0. The summed E-state index contributed by atoms with van der Waals surface area (Å²) in [6.07, 6.45) is -4.47. The molecule has 6 heteroatoms. The molecule has 0 unspecified atom stereocenters. The Kier molecular flexibility index (Phi) is 5.45. The van der Waals surface area contributed by atoms with Crippen molar-refractivity contribution in [3.05, 3.63) is 96.1 Å². The van der Waals surface area contributed by atoms with Crippen LogP contribution in [0, 0.1) is 0 Å². The minimum atomic E-state index is -4.47. The van der Waals surface area contributed by atoms with Crippen LogP contribution in [0.3, 0.4) is 0 Å². The molecule has 1 amide bonds. The van der Waals surface area contributed by atoms with Gasteiger partial charge >= 0.3 is 6.18 Å². The molecule has 3 nitrogen and oxygen atoms in total. The Morgan fingerprint density at radius 1 is 0.778 bits per heavy atom. The molecule has 138 valence electrons. The monoisotopic (exact) mass is 370 g/mol. The second kappa shape index (κ2) is 7.95. The van der Waals surface area contributed by atoms with Gasteiger partial charge < -0.3 is 10.6 Å². The van der Waals surface area contributed by atoms with Crippen LogP contribution < -0.4 is 10.6 Å². The zero-order chi connectivity index (χ0) is 19.3. The number of benzene rings is 3. The third-order valence-corrected chi connectivity index (χ3v) is 3.94. The van der Waals surface area contributed by atoms with Crippen LogP contribution >= 0.6 is 0 Å². The highest BCUT2D eigenvalue weighted by Crippen LogP contribution is 2.31. The first-order valence-electron chi connectivity index (χ1n) is 8.28. The second-order valence-corrected chi connectivity index (χ2v) is 5.92. The van der Waals surface area contributed by atoms with Crippen molar-refractivity contribution in [2.45, 2.75) is 12.2 Å². The van der Waals surface area contributed by atoms with Gasteiger partial charge in [-0.1, -0.05) is 54.6 Å². The molecule has 2 N–H and O–H groups in total. The van der Waals surface area contributed by atoms with Gasteiger partial charge in [0.05, 0.1) is 5.56 Å². The fourth-order valence-electron chi connectivity index (χ4n) is 2.63. The van der Waals surface area contributed by atoms with Crippen LogP contribution in [0.2, 0.25) is 0 Å². The number of carbonyl (C=O) groups excluding carboxylic acids is 1. The van der Waals surface area contributed by atoms with Crippen molar-refractivity contribution in [1.82, 2.24) is 0 Å². The number of carbonyl (C=O) groups is 1. The highest BCUT2D eigenvalue weighted by molar-refractivity contribution is 5.97. The first kappa shape index (κ1) is 18.5. The molecule has 3 aromatic carbocycles. The molecule has 27 heavy (non-hydrogen) atoms. The number of amides is 1. The van der Waals surface area contributed by atoms with Crippen LogP contribution in [-0.2, 0) is 11.0 Å². The lowest BCUT2D eigenvalue weighted by molar-refractivity contribution is -0.137. The molecule has 1 atom stereocenters. The lowest BCUT2D eigenvalue weighted by Gasteiger charge is -2.20. The average Bonchev–Trinajstić information content (AvgIpc) is 2.67. The Balaban J connectivity index is 1.85. The van der Waals surface area contributed by atoms with Gasteiger partial charge in [0.25, 0.3) is 5.91 Å². The molecule has 0 spiro atoms. The van der Waals surface area contributed by atoms with Gasteiger partial charge in [0.1, 0.15) is 6.04 Å². The van der Waals surface area contributed by atoms with Crippen LogP contribution in [0.25, 0.3) is 0 Å². The largest absolute Gasteiger partial charge is 0.416 e. The summed E-state index contributed by atoms with van der Waals surface area (Å²) < 4.78 is 38.7. The minimum Gasteiger partial charge on any atom is -0.370 e. The van der Waals surface area contributed by atoms with E-state index in [1.807, 2.05) is 36.4 Å².